The van der Waals surface area contributed by atoms with E-state index in [2.05, 4.69) is 28.7 Å². The van der Waals surface area contributed by atoms with Gasteiger partial charge in [0.2, 0.25) is 0 Å². The minimum Gasteiger partial charge on any atom is -0.394 e. The summed E-state index contributed by atoms with van der Waals surface area (Å²) < 4.78 is 1.96. The van der Waals surface area contributed by atoms with Gasteiger partial charge in [0.15, 0.2) is 0 Å². The van der Waals surface area contributed by atoms with E-state index >= 15 is 0 Å². The summed E-state index contributed by atoms with van der Waals surface area (Å²) >= 11 is 0. The van der Waals surface area contributed by atoms with E-state index in [9.17, 15) is 5.11 Å². The number of aromatic nitrogens is 2. The highest BCUT2D eigenvalue weighted by molar-refractivity contribution is 5.15. The first-order valence-electron chi connectivity index (χ1n) is 7.71. The second-order valence-electron chi connectivity index (χ2n) is 6.03. The van der Waals surface area contributed by atoms with Crippen LogP contribution in [0.2, 0.25) is 0 Å². The number of nitrogens with zero attached hydrogens (tertiary/aromatic N) is 2. The summed E-state index contributed by atoms with van der Waals surface area (Å²) in [6, 6.07) is 10.3. The van der Waals surface area contributed by atoms with Gasteiger partial charge in [-0.2, -0.15) is 5.10 Å². The third kappa shape index (κ3) is 3.52. The minimum absolute atomic E-state index is 0.0679. The second kappa shape index (κ2) is 6.41. The van der Waals surface area contributed by atoms with Crippen LogP contribution in [0.3, 0.4) is 0 Å². The molecular weight excluding hydrogens is 262 g/mol. The molecule has 0 saturated heterocycles. The zero-order valence-corrected chi connectivity index (χ0v) is 12.3. The molecule has 0 atom stereocenters. The average Bonchev–Trinajstić information content (AvgIpc) is 3.16. The van der Waals surface area contributed by atoms with Crippen molar-refractivity contribution in [3.05, 3.63) is 53.9 Å². The van der Waals surface area contributed by atoms with Crippen molar-refractivity contribution in [2.24, 2.45) is 0 Å². The molecule has 1 aliphatic carbocycles. The Balaban J connectivity index is 1.58. The van der Waals surface area contributed by atoms with E-state index in [-0.39, 0.29) is 12.1 Å². The largest absolute Gasteiger partial charge is 0.394 e. The zero-order chi connectivity index (χ0) is 14.5. The predicted octanol–water partition coefficient (Wildman–Crippen LogP) is 2.33. The van der Waals surface area contributed by atoms with E-state index in [0.29, 0.717) is 0 Å². The van der Waals surface area contributed by atoms with Gasteiger partial charge in [0, 0.05) is 23.8 Å². The van der Waals surface area contributed by atoms with Gasteiger partial charge in [-0.15, -0.1) is 0 Å². The average molecular weight is 285 g/mol. The van der Waals surface area contributed by atoms with Crippen molar-refractivity contribution in [2.45, 2.75) is 44.3 Å². The number of aliphatic hydroxyl groups excluding tert-OH is 1. The Hall–Kier alpha value is -1.65. The van der Waals surface area contributed by atoms with E-state index in [1.807, 2.05) is 29.1 Å². The highest BCUT2D eigenvalue weighted by atomic mass is 16.3. The van der Waals surface area contributed by atoms with Crippen molar-refractivity contribution >= 4 is 0 Å². The molecule has 0 spiro atoms. The number of benzene rings is 1. The highest BCUT2D eigenvalue weighted by Crippen LogP contribution is 2.29. The van der Waals surface area contributed by atoms with Crippen molar-refractivity contribution in [1.29, 1.82) is 0 Å². The molecule has 1 fully saturated rings. The molecular formula is C17H23N3O. The molecule has 2 aromatic rings. The summed E-state index contributed by atoms with van der Waals surface area (Å²) in [5.41, 5.74) is 2.36. The van der Waals surface area contributed by atoms with E-state index < -0.39 is 0 Å². The lowest BCUT2D eigenvalue weighted by Gasteiger charge is -2.27. The fourth-order valence-electron chi connectivity index (χ4n) is 3.09. The van der Waals surface area contributed by atoms with Crippen LogP contribution in [0, 0.1) is 0 Å². The SMILES string of the molecule is OCC1(NCc2cnn(Cc3ccccc3)c2)CCCC1. The molecule has 4 heteroatoms. The monoisotopic (exact) mass is 285 g/mol. The molecule has 0 amide bonds. The van der Waals surface area contributed by atoms with Crippen LogP contribution in [0.25, 0.3) is 0 Å². The molecule has 1 heterocycles. The summed E-state index contributed by atoms with van der Waals surface area (Å²) in [4.78, 5) is 0. The van der Waals surface area contributed by atoms with Crippen LogP contribution >= 0.6 is 0 Å². The molecule has 0 bridgehead atoms. The molecule has 1 saturated carbocycles. The van der Waals surface area contributed by atoms with Gasteiger partial charge in [-0.05, 0) is 18.4 Å². The normalized spacial score (nSPS) is 17.2. The van der Waals surface area contributed by atoms with Crippen LogP contribution in [0.15, 0.2) is 42.7 Å². The third-order valence-electron chi connectivity index (χ3n) is 4.40. The Morgan fingerprint density at radius 3 is 2.62 bits per heavy atom. The second-order valence-corrected chi connectivity index (χ2v) is 6.03. The van der Waals surface area contributed by atoms with Gasteiger partial charge in [0.1, 0.15) is 0 Å². The summed E-state index contributed by atoms with van der Waals surface area (Å²) in [5.74, 6) is 0. The third-order valence-corrected chi connectivity index (χ3v) is 4.40. The number of nitrogens with one attached hydrogen (secondary N) is 1. The van der Waals surface area contributed by atoms with Gasteiger partial charge in [0.05, 0.1) is 19.3 Å². The molecule has 4 nitrogen and oxygen atoms in total. The van der Waals surface area contributed by atoms with E-state index in [1.54, 1.807) is 0 Å². The van der Waals surface area contributed by atoms with Gasteiger partial charge in [0.25, 0.3) is 0 Å². The first-order chi connectivity index (χ1) is 10.3. The number of aliphatic hydroxyl groups is 1. The lowest BCUT2D eigenvalue weighted by Crippen LogP contribution is -2.45. The smallest absolute Gasteiger partial charge is 0.0659 e. The molecule has 1 aromatic carbocycles. The molecule has 0 unspecified atom stereocenters. The fraction of sp³-hybridized carbons (Fsp3) is 0.471. The standard InChI is InChI=1S/C17H23N3O/c21-14-17(8-4-5-9-17)18-10-16-11-19-20(13-16)12-15-6-2-1-3-7-15/h1-3,6-7,11,13,18,21H,4-5,8-10,12,14H2. The summed E-state index contributed by atoms with van der Waals surface area (Å²) in [6.07, 6.45) is 8.56. The Bertz CT molecular complexity index is 558. The molecule has 21 heavy (non-hydrogen) atoms. The van der Waals surface area contributed by atoms with Crippen molar-refractivity contribution in [1.82, 2.24) is 15.1 Å². The maximum Gasteiger partial charge on any atom is 0.0659 e. The van der Waals surface area contributed by atoms with Crippen LogP contribution in [-0.2, 0) is 13.1 Å². The lowest BCUT2D eigenvalue weighted by atomic mass is 9.99. The first-order valence-corrected chi connectivity index (χ1v) is 7.71. The fourth-order valence-corrected chi connectivity index (χ4v) is 3.09. The van der Waals surface area contributed by atoms with E-state index in [4.69, 9.17) is 0 Å². The minimum atomic E-state index is -0.0679. The Morgan fingerprint density at radius 1 is 1.14 bits per heavy atom. The predicted molar refractivity (Wildman–Crippen MR) is 82.9 cm³/mol. The molecule has 1 aliphatic rings. The highest BCUT2D eigenvalue weighted by Gasteiger charge is 2.32. The van der Waals surface area contributed by atoms with Gasteiger partial charge in [-0.3, -0.25) is 4.68 Å². The quantitative estimate of drug-likeness (QED) is 0.856. The molecule has 112 valence electrons. The van der Waals surface area contributed by atoms with Crippen molar-refractivity contribution in [3.63, 3.8) is 0 Å². The van der Waals surface area contributed by atoms with Crippen molar-refractivity contribution < 1.29 is 5.11 Å². The Morgan fingerprint density at radius 2 is 1.90 bits per heavy atom. The van der Waals surface area contributed by atoms with Gasteiger partial charge in [-0.1, -0.05) is 43.2 Å². The zero-order valence-electron chi connectivity index (χ0n) is 12.3. The number of hydrogen-bond acceptors (Lipinski definition) is 3. The Kier molecular flexibility index (Phi) is 4.36. The van der Waals surface area contributed by atoms with Crippen LogP contribution in [0.4, 0.5) is 0 Å². The van der Waals surface area contributed by atoms with Crippen LogP contribution in [-0.4, -0.2) is 27.0 Å². The molecule has 3 rings (SSSR count). The van der Waals surface area contributed by atoms with Crippen LogP contribution in [0.1, 0.15) is 36.8 Å². The molecule has 2 N–H and O–H groups in total. The van der Waals surface area contributed by atoms with Gasteiger partial charge < -0.3 is 10.4 Å². The first kappa shape index (κ1) is 14.3. The van der Waals surface area contributed by atoms with Gasteiger partial charge in [-0.25, -0.2) is 0 Å². The molecule has 0 radical (unpaired) electrons. The van der Waals surface area contributed by atoms with E-state index in [1.165, 1.54) is 24.0 Å². The number of hydrogen-bond donors (Lipinski definition) is 2. The number of rotatable bonds is 6. The van der Waals surface area contributed by atoms with Crippen LogP contribution < -0.4 is 5.32 Å². The van der Waals surface area contributed by atoms with Crippen molar-refractivity contribution in [2.75, 3.05) is 6.61 Å². The molecule has 1 aromatic heterocycles. The van der Waals surface area contributed by atoms with Crippen molar-refractivity contribution in [3.8, 4) is 0 Å². The van der Waals surface area contributed by atoms with Crippen LogP contribution in [0.5, 0.6) is 0 Å². The van der Waals surface area contributed by atoms with E-state index in [0.717, 1.165) is 25.9 Å². The maximum absolute atomic E-state index is 9.61. The van der Waals surface area contributed by atoms with Gasteiger partial charge >= 0.3 is 0 Å². The topological polar surface area (TPSA) is 50.1 Å². The summed E-state index contributed by atoms with van der Waals surface area (Å²) in [7, 11) is 0. The maximum atomic E-state index is 9.61. The summed E-state index contributed by atoms with van der Waals surface area (Å²) in [6.45, 7) is 1.80. The molecule has 0 aliphatic heterocycles. The Labute approximate surface area is 125 Å². The summed E-state index contributed by atoms with van der Waals surface area (Å²) in [5, 5.41) is 17.6. The lowest BCUT2D eigenvalue weighted by molar-refractivity contribution is 0.163.